The molecular formula is C26H31ClN2O3S. The van der Waals surface area contributed by atoms with Gasteiger partial charge >= 0.3 is 0 Å². The van der Waals surface area contributed by atoms with Crippen molar-refractivity contribution in [3.05, 3.63) is 59.1 Å². The zero-order chi connectivity index (χ0) is 23.1. The van der Waals surface area contributed by atoms with Crippen LogP contribution in [-0.4, -0.2) is 46.5 Å². The molecule has 5 rings (SSSR count). The lowest BCUT2D eigenvalue weighted by Gasteiger charge is -2.39. The van der Waals surface area contributed by atoms with Gasteiger partial charge < -0.3 is 9.64 Å². The first kappa shape index (κ1) is 22.9. The summed E-state index contributed by atoms with van der Waals surface area (Å²) < 4.78 is 21.2. The Bertz CT molecular complexity index is 1120. The number of carbonyl (C=O) groups is 1. The number of ether oxygens (including phenoxy) is 1. The zero-order valence-corrected chi connectivity index (χ0v) is 20.5. The molecule has 2 aliphatic heterocycles. The predicted molar refractivity (Wildman–Crippen MR) is 134 cm³/mol. The van der Waals surface area contributed by atoms with Gasteiger partial charge in [0, 0.05) is 31.9 Å². The summed E-state index contributed by atoms with van der Waals surface area (Å²) in [6, 6.07) is 15.4. The van der Waals surface area contributed by atoms with Gasteiger partial charge in [0.15, 0.2) is 0 Å². The topological polar surface area (TPSA) is 49.9 Å². The van der Waals surface area contributed by atoms with E-state index in [1.165, 1.54) is 12.8 Å². The molecule has 176 valence electrons. The highest BCUT2D eigenvalue weighted by atomic mass is 35.5. The van der Waals surface area contributed by atoms with Gasteiger partial charge in [-0.05, 0) is 73.7 Å². The minimum absolute atomic E-state index is 0.188. The lowest BCUT2D eigenvalue weighted by Crippen LogP contribution is -2.46. The summed E-state index contributed by atoms with van der Waals surface area (Å²) in [5.41, 5.74) is 1.71. The molecule has 3 fully saturated rings. The molecule has 2 aromatic rings. The molecule has 0 aromatic heterocycles. The van der Waals surface area contributed by atoms with E-state index in [1.807, 2.05) is 33.5 Å². The largest absolute Gasteiger partial charge is 0.376 e. The Morgan fingerprint density at radius 2 is 1.70 bits per heavy atom. The van der Waals surface area contributed by atoms with Crippen LogP contribution in [0, 0.1) is 11.3 Å². The maximum Gasteiger partial charge on any atom is 0.233 e. The van der Waals surface area contributed by atoms with Gasteiger partial charge in [0.05, 0.1) is 31.6 Å². The van der Waals surface area contributed by atoms with Crippen molar-refractivity contribution in [3.63, 3.8) is 0 Å². The number of carbonyl (C=O) groups excluding carboxylic acids is 1. The Hall–Kier alpha value is -1.86. The van der Waals surface area contributed by atoms with Crippen molar-refractivity contribution >= 4 is 38.8 Å². The van der Waals surface area contributed by atoms with Crippen molar-refractivity contribution in [2.75, 3.05) is 31.1 Å². The van der Waals surface area contributed by atoms with Crippen LogP contribution in [0.3, 0.4) is 0 Å². The number of nitrogens with zero attached hydrogens (tertiary/aromatic N) is 2. The molecule has 3 aliphatic rings. The number of anilines is 1. The molecule has 2 saturated heterocycles. The van der Waals surface area contributed by atoms with Gasteiger partial charge in [-0.3, -0.25) is 4.79 Å². The van der Waals surface area contributed by atoms with Gasteiger partial charge in [0.1, 0.15) is 0 Å². The molecule has 0 N–H and O–H groups in total. The quantitative estimate of drug-likeness (QED) is 0.529. The van der Waals surface area contributed by atoms with E-state index in [9.17, 15) is 9.00 Å². The molecule has 33 heavy (non-hydrogen) atoms. The molecule has 2 heterocycles. The predicted octanol–water partition coefficient (Wildman–Crippen LogP) is 4.78. The second-order valence-corrected chi connectivity index (χ2v) is 12.3. The third kappa shape index (κ3) is 4.59. The second-order valence-electron chi connectivity index (χ2n) is 9.61. The molecular weight excluding hydrogens is 456 g/mol. The Labute approximate surface area is 201 Å². The third-order valence-electron chi connectivity index (χ3n) is 7.36. The Morgan fingerprint density at radius 1 is 1.03 bits per heavy atom. The number of hydrogen-bond acceptors (Lipinski definition) is 3. The molecule has 5 nitrogen and oxygen atoms in total. The van der Waals surface area contributed by atoms with Crippen LogP contribution in [-0.2, 0) is 25.8 Å². The van der Waals surface area contributed by atoms with E-state index in [0.29, 0.717) is 42.5 Å². The van der Waals surface area contributed by atoms with Gasteiger partial charge in [0.2, 0.25) is 5.91 Å². The van der Waals surface area contributed by atoms with Crippen LogP contribution in [0.5, 0.6) is 0 Å². The van der Waals surface area contributed by atoms with Gasteiger partial charge in [0.25, 0.3) is 0 Å². The molecule has 0 bridgehead atoms. The summed E-state index contributed by atoms with van der Waals surface area (Å²) >= 11 is 6.30. The Kier molecular flexibility index (Phi) is 6.29. The minimum atomic E-state index is -2.67. The highest BCUT2D eigenvalue weighted by molar-refractivity contribution is 7.98. The summed E-state index contributed by atoms with van der Waals surface area (Å²) in [6.07, 6.45) is 4.79. The number of rotatable bonds is 7. The van der Waals surface area contributed by atoms with Crippen LogP contribution >= 0.6 is 11.6 Å². The van der Waals surface area contributed by atoms with Crippen molar-refractivity contribution in [1.82, 2.24) is 4.31 Å². The highest BCUT2D eigenvalue weighted by Gasteiger charge is 2.49. The molecule has 1 unspecified atom stereocenters. The van der Waals surface area contributed by atoms with Crippen molar-refractivity contribution in [3.8, 4) is 0 Å². The van der Waals surface area contributed by atoms with Crippen molar-refractivity contribution in [2.45, 2.75) is 43.6 Å². The van der Waals surface area contributed by atoms with E-state index >= 15 is 0 Å². The maximum absolute atomic E-state index is 13.5. The lowest BCUT2D eigenvalue weighted by atomic mass is 9.77. The summed E-state index contributed by atoms with van der Waals surface area (Å²) in [4.78, 5) is 16.0. The normalized spacial score (nSPS) is 22.6. The van der Waals surface area contributed by atoms with E-state index in [1.54, 1.807) is 12.1 Å². The maximum atomic E-state index is 13.5. The molecule has 1 aliphatic carbocycles. The van der Waals surface area contributed by atoms with Crippen LogP contribution in [0.2, 0.25) is 5.02 Å². The first-order valence-electron chi connectivity index (χ1n) is 11.7. The molecule has 2 aromatic carbocycles. The van der Waals surface area contributed by atoms with Crippen molar-refractivity contribution in [1.29, 1.82) is 0 Å². The Morgan fingerprint density at radius 3 is 2.36 bits per heavy atom. The first-order valence-corrected chi connectivity index (χ1v) is 13.8. The first-order chi connectivity index (χ1) is 15.9. The fraction of sp³-hybridized carbons (Fsp3) is 0.462. The van der Waals surface area contributed by atoms with Crippen LogP contribution in [0.4, 0.5) is 5.69 Å². The van der Waals surface area contributed by atoms with E-state index in [-0.39, 0.29) is 11.3 Å². The van der Waals surface area contributed by atoms with Gasteiger partial charge in [-0.25, -0.2) is 8.51 Å². The van der Waals surface area contributed by atoms with Crippen molar-refractivity contribution < 1.29 is 13.7 Å². The molecule has 1 spiro atoms. The van der Waals surface area contributed by atoms with E-state index in [2.05, 4.69) is 18.0 Å². The number of benzene rings is 2. The second kappa shape index (κ2) is 9.06. The minimum Gasteiger partial charge on any atom is -0.376 e. The van der Waals surface area contributed by atoms with Crippen LogP contribution in [0.1, 0.15) is 37.7 Å². The van der Waals surface area contributed by atoms with Gasteiger partial charge in [-0.2, -0.15) is 0 Å². The SMILES string of the molecule is C=S(=O)(c1ccccc1Cl)N1CCC2(CCN(c3ccc(COCC4CC4)cc3)C2=O)CC1. The van der Waals surface area contributed by atoms with Crippen LogP contribution in [0.15, 0.2) is 53.4 Å². The van der Waals surface area contributed by atoms with Crippen LogP contribution < -0.4 is 4.90 Å². The third-order valence-corrected chi connectivity index (χ3v) is 10.0. The van der Waals surface area contributed by atoms with E-state index in [4.69, 9.17) is 16.3 Å². The van der Waals surface area contributed by atoms with Crippen LogP contribution in [0.25, 0.3) is 0 Å². The average molecular weight is 487 g/mol. The summed E-state index contributed by atoms with van der Waals surface area (Å²) in [7, 11) is -2.67. The highest BCUT2D eigenvalue weighted by Crippen LogP contribution is 2.44. The number of piperidine rings is 1. The molecule has 1 atom stereocenters. The van der Waals surface area contributed by atoms with Gasteiger partial charge in [-0.15, -0.1) is 0 Å². The molecule has 1 saturated carbocycles. The summed E-state index contributed by atoms with van der Waals surface area (Å²) in [5.74, 6) is 4.98. The molecule has 0 radical (unpaired) electrons. The fourth-order valence-electron chi connectivity index (χ4n) is 4.98. The monoisotopic (exact) mass is 486 g/mol. The Balaban J connectivity index is 1.22. The number of amides is 1. The summed E-state index contributed by atoms with van der Waals surface area (Å²) in [6.45, 7) is 3.34. The lowest BCUT2D eigenvalue weighted by molar-refractivity contribution is -0.127. The standard InChI is InChI=1S/C26H31ClN2O3S/c1-33(31,24-5-3-2-4-23(24)27)28-15-12-26(13-16-28)14-17-29(25(26)30)22-10-8-21(9-11-22)19-32-18-20-6-7-20/h2-5,8-11,20H,1,6-7,12-19H2. The number of hydrogen-bond donors (Lipinski definition) is 0. The zero-order valence-electron chi connectivity index (χ0n) is 18.9. The summed E-state index contributed by atoms with van der Waals surface area (Å²) in [5, 5.41) is 0.474. The molecule has 7 heteroatoms. The van der Waals surface area contributed by atoms with Crippen molar-refractivity contribution in [2.24, 2.45) is 11.3 Å². The van der Waals surface area contributed by atoms with E-state index < -0.39 is 9.71 Å². The van der Waals surface area contributed by atoms with Gasteiger partial charge in [-0.1, -0.05) is 35.9 Å². The fourth-order valence-corrected chi connectivity index (χ4v) is 7.19. The smallest absolute Gasteiger partial charge is 0.233 e. The average Bonchev–Trinajstić information content (AvgIpc) is 3.59. The molecule has 1 amide bonds. The number of halogens is 1. The van der Waals surface area contributed by atoms with E-state index in [0.717, 1.165) is 36.7 Å².